The third kappa shape index (κ3) is 33.5. The lowest BCUT2D eigenvalue weighted by Crippen LogP contribution is -2.28. The van der Waals surface area contributed by atoms with E-state index in [9.17, 15) is 14.4 Å². The van der Waals surface area contributed by atoms with Crippen LogP contribution < -0.4 is 5.32 Å². The molecule has 2 N–H and O–H groups in total. The van der Waals surface area contributed by atoms with Crippen LogP contribution in [0.15, 0.2) is 85.1 Å². The first kappa shape index (κ1) is 42.6. The molecule has 0 fully saturated rings. The number of ether oxygens (including phenoxy) is 1. The molecule has 46 heavy (non-hydrogen) atoms. The van der Waals surface area contributed by atoms with Crippen molar-refractivity contribution in [3.63, 3.8) is 0 Å². The highest BCUT2D eigenvalue weighted by Gasteiger charge is 2.11. The van der Waals surface area contributed by atoms with Crippen molar-refractivity contribution < 1.29 is 24.2 Å². The van der Waals surface area contributed by atoms with E-state index in [1.807, 2.05) is 6.08 Å². The molecular weight excluding hydrogens is 574 g/mol. The summed E-state index contributed by atoms with van der Waals surface area (Å²) in [5.41, 5.74) is 0. The zero-order valence-corrected chi connectivity index (χ0v) is 28.9. The number of rotatable bonds is 30. The normalized spacial score (nSPS) is 13.1. The van der Waals surface area contributed by atoms with Crippen LogP contribution in [-0.2, 0) is 19.1 Å². The quantitative estimate of drug-likeness (QED) is 0.0464. The Hall–Kier alpha value is -3.41. The monoisotopic (exact) mass is 637 g/mol. The van der Waals surface area contributed by atoms with E-state index >= 15 is 0 Å². The van der Waals surface area contributed by atoms with Gasteiger partial charge in [-0.2, -0.15) is 0 Å². The molecule has 0 saturated carbocycles. The zero-order chi connectivity index (χ0) is 33.8. The number of carbonyl (C=O) groups is 3. The maximum atomic E-state index is 12.6. The summed E-state index contributed by atoms with van der Waals surface area (Å²) in [5, 5.41) is 11.0. The molecule has 0 aliphatic heterocycles. The van der Waals surface area contributed by atoms with Crippen LogP contribution in [0.1, 0.15) is 136 Å². The molecule has 0 heterocycles. The lowest BCUT2D eigenvalue weighted by molar-refractivity contribution is -0.147. The third-order valence-corrected chi connectivity index (χ3v) is 7.04. The number of allylic oxidation sites excluding steroid dienone is 13. The SMILES string of the molecule is CC/C=C\C/C=C\C/C=C\C/C=C\C/C=C\CCCC(=O)OC(/C=C\C/C=C\CCCCC)CCCCCCC(=O)NCC(=O)O. The lowest BCUT2D eigenvalue weighted by Gasteiger charge is -2.14. The largest absolute Gasteiger partial charge is 0.480 e. The molecular formula is C40H63NO5. The van der Waals surface area contributed by atoms with Gasteiger partial charge in [0.1, 0.15) is 12.6 Å². The Morgan fingerprint density at radius 1 is 0.609 bits per heavy atom. The molecule has 0 aliphatic rings. The fourth-order valence-electron chi connectivity index (χ4n) is 4.44. The predicted octanol–water partition coefficient (Wildman–Crippen LogP) is 10.4. The molecule has 6 heteroatoms. The number of esters is 1. The van der Waals surface area contributed by atoms with Crippen molar-refractivity contribution in [2.75, 3.05) is 6.54 Å². The van der Waals surface area contributed by atoms with E-state index in [-0.39, 0.29) is 24.5 Å². The number of hydrogen-bond donors (Lipinski definition) is 2. The number of carboxylic acids is 1. The van der Waals surface area contributed by atoms with Crippen LogP contribution >= 0.6 is 0 Å². The summed E-state index contributed by atoms with van der Waals surface area (Å²) >= 11 is 0. The standard InChI is InChI=1S/C40H63NO5/c1-3-5-7-9-11-13-14-15-16-17-18-19-20-21-23-25-31-35-40(45)46-37(32-28-24-22-12-10-8-6-4-2)33-29-26-27-30-34-38(42)41-36-39(43)44/h5,7,11-13,15-16,18-19,21-23,28,32,37H,3-4,6,8-10,14,17,20,24-27,29-31,33-36H2,1-2H3,(H,41,42)(H,43,44)/b7-5-,13-11-,16-15-,19-18-,22-12-,23-21-,32-28-. The first-order valence-electron chi connectivity index (χ1n) is 17.7. The Morgan fingerprint density at radius 3 is 1.74 bits per heavy atom. The Morgan fingerprint density at radius 2 is 1.15 bits per heavy atom. The first-order chi connectivity index (χ1) is 22.5. The van der Waals surface area contributed by atoms with Crippen LogP contribution in [0.2, 0.25) is 0 Å². The number of nitrogens with one attached hydrogen (secondary N) is 1. The molecule has 0 bridgehead atoms. The van der Waals surface area contributed by atoms with E-state index in [2.05, 4.69) is 98.2 Å². The van der Waals surface area contributed by atoms with Crippen molar-refractivity contribution in [2.45, 2.75) is 142 Å². The molecule has 0 radical (unpaired) electrons. The molecule has 258 valence electrons. The van der Waals surface area contributed by atoms with Gasteiger partial charge in [0, 0.05) is 12.8 Å². The van der Waals surface area contributed by atoms with Gasteiger partial charge in [-0.3, -0.25) is 14.4 Å². The molecule has 0 spiro atoms. The molecule has 0 saturated heterocycles. The van der Waals surface area contributed by atoms with Gasteiger partial charge < -0.3 is 15.2 Å². The summed E-state index contributed by atoms with van der Waals surface area (Å²) in [6.45, 7) is 4.01. The van der Waals surface area contributed by atoms with E-state index in [1.54, 1.807) is 0 Å². The Kier molecular flexibility index (Phi) is 31.9. The topological polar surface area (TPSA) is 92.7 Å². The number of carboxylic acid groups (broad SMARTS) is 1. The summed E-state index contributed by atoms with van der Waals surface area (Å²) in [7, 11) is 0. The smallest absolute Gasteiger partial charge is 0.322 e. The minimum Gasteiger partial charge on any atom is -0.480 e. The number of carbonyl (C=O) groups excluding carboxylic acids is 2. The fraction of sp³-hybridized carbons (Fsp3) is 0.575. The lowest BCUT2D eigenvalue weighted by atomic mass is 10.1. The molecule has 0 aromatic rings. The highest BCUT2D eigenvalue weighted by Crippen LogP contribution is 2.13. The van der Waals surface area contributed by atoms with Gasteiger partial charge in [0.15, 0.2) is 0 Å². The minimum atomic E-state index is -1.04. The summed E-state index contributed by atoms with van der Waals surface area (Å²) < 4.78 is 5.82. The molecule has 0 aromatic carbocycles. The van der Waals surface area contributed by atoms with Crippen LogP contribution in [0.4, 0.5) is 0 Å². The first-order valence-corrected chi connectivity index (χ1v) is 17.7. The number of unbranched alkanes of at least 4 members (excludes halogenated alkanes) is 7. The van der Waals surface area contributed by atoms with E-state index in [0.29, 0.717) is 19.3 Å². The van der Waals surface area contributed by atoms with Gasteiger partial charge in [-0.15, -0.1) is 0 Å². The van der Waals surface area contributed by atoms with E-state index < -0.39 is 5.97 Å². The number of amides is 1. The minimum absolute atomic E-state index is 0.160. The van der Waals surface area contributed by atoms with E-state index in [4.69, 9.17) is 9.84 Å². The third-order valence-electron chi connectivity index (χ3n) is 7.04. The maximum absolute atomic E-state index is 12.6. The molecule has 0 aromatic heterocycles. The van der Waals surface area contributed by atoms with Crippen molar-refractivity contribution in [1.29, 1.82) is 0 Å². The fourth-order valence-corrected chi connectivity index (χ4v) is 4.44. The molecule has 6 nitrogen and oxygen atoms in total. The second-order valence-electron chi connectivity index (χ2n) is 11.4. The van der Waals surface area contributed by atoms with Crippen molar-refractivity contribution in [1.82, 2.24) is 5.32 Å². The second-order valence-corrected chi connectivity index (χ2v) is 11.4. The van der Waals surface area contributed by atoms with Gasteiger partial charge >= 0.3 is 11.9 Å². The Balaban J connectivity index is 4.34. The highest BCUT2D eigenvalue weighted by molar-refractivity contribution is 5.80. The van der Waals surface area contributed by atoms with Crippen molar-refractivity contribution in [3.05, 3.63) is 85.1 Å². The maximum Gasteiger partial charge on any atom is 0.322 e. The van der Waals surface area contributed by atoms with Gasteiger partial charge in [0.2, 0.25) is 5.91 Å². The average molecular weight is 638 g/mol. The van der Waals surface area contributed by atoms with E-state index in [0.717, 1.165) is 83.5 Å². The average Bonchev–Trinajstić information content (AvgIpc) is 3.04. The van der Waals surface area contributed by atoms with Gasteiger partial charge in [0.25, 0.3) is 0 Å². The van der Waals surface area contributed by atoms with Crippen LogP contribution in [0.5, 0.6) is 0 Å². The van der Waals surface area contributed by atoms with Gasteiger partial charge in [0.05, 0.1) is 0 Å². The zero-order valence-electron chi connectivity index (χ0n) is 28.9. The van der Waals surface area contributed by atoms with Gasteiger partial charge in [-0.05, 0) is 89.5 Å². The van der Waals surface area contributed by atoms with Gasteiger partial charge in [-0.25, -0.2) is 0 Å². The summed E-state index contributed by atoms with van der Waals surface area (Å²) in [6, 6.07) is 0. The molecule has 0 rings (SSSR count). The van der Waals surface area contributed by atoms with Crippen molar-refractivity contribution in [2.24, 2.45) is 0 Å². The van der Waals surface area contributed by atoms with Gasteiger partial charge in [-0.1, -0.05) is 119 Å². The highest BCUT2D eigenvalue weighted by atomic mass is 16.5. The van der Waals surface area contributed by atoms with Crippen LogP contribution in [0.3, 0.4) is 0 Å². The Bertz CT molecular complexity index is 970. The summed E-state index contributed by atoms with van der Waals surface area (Å²) in [4.78, 5) is 34.8. The second kappa shape index (κ2) is 34.5. The Labute approximate surface area is 280 Å². The van der Waals surface area contributed by atoms with Crippen LogP contribution in [0, 0.1) is 0 Å². The van der Waals surface area contributed by atoms with Crippen molar-refractivity contribution in [3.8, 4) is 0 Å². The van der Waals surface area contributed by atoms with Crippen LogP contribution in [0.25, 0.3) is 0 Å². The molecule has 1 atom stereocenters. The van der Waals surface area contributed by atoms with Crippen molar-refractivity contribution >= 4 is 17.8 Å². The summed E-state index contributed by atoms with van der Waals surface area (Å²) in [5.74, 6) is -1.43. The van der Waals surface area contributed by atoms with E-state index in [1.165, 1.54) is 19.3 Å². The molecule has 1 unspecified atom stereocenters. The van der Waals surface area contributed by atoms with Crippen LogP contribution in [-0.4, -0.2) is 35.6 Å². The summed E-state index contributed by atoms with van der Waals surface area (Å²) in [6.07, 6.45) is 47.1. The number of aliphatic carboxylic acids is 1. The predicted molar refractivity (Wildman–Crippen MR) is 194 cm³/mol. The number of hydrogen-bond acceptors (Lipinski definition) is 4. The molecule has 0 aliphatic carbocycles. The molecule has 1 amide bonds.